The Bertz CT molecular complexity index is 466. The van der Waals surface area contributed by atoms with E-state index in [1.54, 1.807) is 0 Å². The van der Waals surface area contributed by atoms with E-state index in [1.807, 2.05) is 19.9 Å². The second-order valence-corrected chi connectivity index (χ2v) is 6.28. The monoisotopic (exact) mass is 260 g/mol. The smallest absolute Gasteiger partial charge is 0.224 e. The molecule has 2 rings (SSSR count). The third-order valence-electron chi connectivity index (χ3n) is 3.82. The van der Waals surface area contributed by atoms with E-state index in [-0.39, 0.29) is 11.3 Å². The summed E-state index contributed by atoms with van der Waals surface area (Å²) in [6, 6.07) is 6.29. The summed E-state index contributed by atoms with van der Waals surface area (Å²) in [6.07, 6.45) is 5.30. The highest BCUT2D eigenvalue weighted by Crippen LogP contribution is 2.25. The zero-order chi connectivity index (χ0) is 13.9. The molecule has 0 aliphatic heterocycles. The minimum atomic E-state index is -0.141. The molecule has 1 aromatic rings. The lowest BCUT2D eigenvalue weighted by molar-refractivity contribution is -0.117. The molecule has 0 heterocycles. The molecule has 3 nitrogen and oxygen atoms in total. The summed E-state index contributed by atoms with van der Waals surface area (Å²) in [4.78, 5) is 12.0. The summed E-state index contributed by atoms with van der Waals surface area (Å²) in [5.74, 6) is 0.0474. The number of benzene rings is 1. The molecule has 0 radical (unpaired) electrons. The summed E-state index contributed by atoms with van der Waals surface area (Å²) in [5.41, 5.74) is 9.26. The first-order valence-corrected chi connectivity index (χ1v) is 7.12. The SMILES string of the molecule is CC(C)(CN)CC(=O)Nc1ccc2c(c1)CCCC2. The highest BCUT2D eigenvalue weighted by Gasteiger charge is 2.20. The number of fused-ring (bicyclic) bond motifs is 1. The Kier molecular flexibility index (Phi) is 4.25. The van der Waals surface area contributed by atoms with E-state index in [9.17, 15) is 4.79 Å². The number of hydrogen-bond donors (Lipinski definition) is 2. The molecule has 0 fully saturated rings. The van der Waals surface area contributed by atoms with Crippen LogP contribution in [0.4, 0.5) is 5.69 Å². The fourth-order valence-electron chi connectivity index (χ4n) is 2.52. The van der Waals surface area contributed by atoms with Gasteiger partial charge in [0.2, 0.25) is 5.91 Å². The molecule has 0 bridgehead atoms. The van der Waals surface area contributed by atoms with Gasteiger partial charge in [-0.1, -0.05) is 19.9 Å². The molecule has 0 saturated heterocycles. The van der Waals surface area contributed by atoms with Crippen LogP contribution in [-0.4, -0.2) is 12.5 Å². The summed E-state index contributed by atoms with van der Waals surface area (Å²) >= 11 is 0. The van der Waals surface area contributed by atoms with Crippen LogP contribution in [0.15, 0.2) is 18.2 Å². The van der Waals surface area contributed by atoms with Gasteiger partial charge in [0, 0.05) is 12.1 Å². The van der Waals surface area contributed by atoms with Gasteiger partial charge in [0.25, 0.3) is 0 Å². The van der Waals surface area contributed by atoms with Gasteiger partial charge in [0.1, 0.15) is 0 Å². The average molecular weight is 260 g/mol. The molecule has 0 aromatic heterocycles. The van der Waals surface area contributed by atoms with Crippen LogP contribution in [0.1, 0.15) is 44.2 Å². The average Bonchev–Trinajstić information content (AvgIpc) is 2.38. The molecule has 0 spiro atoms. The minimum Gasteiger partial charge on any atom is -0.330 e. The predicted molar refractivity (Wildman–Crippen MR) is 79.2 cm³/mol. The van der Waals surface area contributed by atoms with E-state index in [0.717, 1.165) is 12.1 Å². The molecule has 3 N–H and O–H groups in total. The van der Waals surface area contributed by atoms with Crippen LogP contribution in [-0.2, 0) is 17.6 Å². The highest BCUT2D eigenvalue weighted by molar-refractivity contribution is 5.91. The van der Waals surface area contributed by atoms with Gasteiger partial charge in [-0.15, -0.1) is 0 Å². The van der Waals surface area contributed by atoms with Crippen molar-refractivity contribution in [3.05, 3.63) is 29.3 Å². The van der Waals surface area contributed by atoms with Gasteiger partial charge >= 0.3 is 0 Å². The summed E-state index contributed by atoms with van der Waals surface area (Å²) in [6.45, 7) is 4.55. The number of amides is 1. The van der Waals surface area contributed by atoms with Crippen LogP contribution >= 0.6 is 0 Å². The first-order chi connectivity index (χ1) is 9.00. The van der Waals surface area contributed by atoms with Gasteiger partial charge in [-0.25, -0.2) is 0 Å². The predicted octanol–water partition coefficient (Wildman–Crippen LogP) is 2.88. The third-order valence-corrected chi connectivity index (χ3v) is 3.82. The van der Waals surface area contributed by atoms with Crippen molar-refractivity contribution in [3.63, 3.8) is 0 Å². The van der Waals surface area contributed by atoms with Gasteiger partial charge in [-0.2, -0.15) is 0 Å². The lowest BCUT2D eigenvalue weighted by atomic mass is 9.89. The van der Waals surface area contributed by atoms with Crippen LogP contribution in [0.2, 0.25) is 0 Å². The molecule has 0 saturated carbocycles. The zero-order valence-electron chi connectivity index (χ0n) is 12.0. The number of nitrogens with one attached hydrogen (secondary N) is 1. The van der Waals surface area contributed by atoms with Gasteiger partial charge in [-0.3, -0.25) is 4.79 Å². The minimum absolute atomic E-state index is 0.0474. The number of carbonyl (C=O) groups excluding carboxylic acids is 1. The Morgan fingerprint density at radius 2 is 1.95 bits per heavy atom. The number of aryl methyl sites for hydroxylation is 2. The van der Waals surface area contributed by atoms with Crippen molar-refractivity contribution in [2.75, 3.05) is 11.9 Å². The molecule has 0 unspecified atom stereocenters. The normalized spacial score (nSPS) is 14.9. The molecule has 1 aromatic carbocycles. The Labute approximate surface area is 115 Å². The Morgan fingerprint density at radius 3 is 2.63 bits per heavy atom. The molecule has 1 aliphatic carbocycles. The maximum atomic E-state index is 12.0. The van der Waals surface area contributed by atoms with E-state index < -0.39 is 0 Å². The highest BCUT2D eigenvalue weighted by atomic mass is 16.1. The van der Waals surface area contributed by atoms with E-state index >= 15 is 0 Å². The summed E-state index contributed by atoms with van der Waals surface area (Å²) in [7, 11) is 0. The number of rotatable bonds is 4. The first-order valence-electron chi connectivity index (χ1n) is 7.12. The van der Waals surface area contributed by atoms with Crippen LogP contribution in [0.3, 0.4) is 0 Å². The fraction of sp³-hybridized carbons (Fsp3) is 0.562. The maximum absolute atomic E-state index is 12.0. The quantitative estimate of drug-likeness (QED) is 0.874. The van der Waals surface area contributed by atoms with Gasteiger partial charge in [-0.05, 0) is 60.9 Å². The lowest BCUT2D eigenvalue weighted by Gasteiger charge is -2.22. The summed E-state index contributed by atoms with van der Waals surface area (Å²) in [5, 5.41) is 2.99. The molecular weight excluding hydrogens is 236 g/mol. The van der Waals surface area contributed by atoms with E-state index in [1.165, 1.54) is 30.4 Å². The largest absolute Gasteiger partial charge is 0.330 e. The second kappa shape index (κ2) is 5.74. The molecule has 19 heavy (non-hydrogen) atoms. The van der Waals surface area contributed by atoms with Crippen LogP contribution in [0.25, 0.3) is 0 Å². The van der Waals surface area contributed by atoms with Gasteiger partial charge in [0.15, 0.2) is 0 Å². The molecule has 0 atom stereocenters. The van der Waals surface area contributed by atoms with Gasteiger partial charge < -0.3 is 11.1 Å². The van der Waals surface area contributed by atoms with Crippen LogP contribution in [0, 0.1) is 5.41 Å². The molecule has 1 amide bonds. The number of carbonyl (C=O) groups is 1. The second-order valence-electron chi connectivity index (χ2n) is 6.28. The number of nitrogens with two attached hydrogens (primary N) is 1. The van der Waals surface area contributed by atoms with Crippen LogP contribution < -0.4 is 11.1 Å². The third kappa shape index (κ3) is 3.80. The van der Waals surface area contributed by atoms with Crippen molar-refractivity contribution in [1.82, 2.24) is 0 Å². The number of anilines is 1. The Hall–Kier alpha value is -1.35. The standard InChI is InChI=1S/C16H24N2O/c1-16(2,11-17)10-15(19)18-14-8-7-12-5-3-4-6-13(12)9-14/h7-9H,3-6,10-11,17H2,1-2H3,(H,18,19). The molecule has 1 aliphatic rings. The van der Waals surface area contributed by atoms with Gasteiger partial charge in [0.05, 0.1) is 0 Å². The van der Waals surface area contributed by atoms with Crippen LogP contribution in [0.5, 0.6) is 0 Å². The zero-order valence-corrected chi connectivity index (χ0v) is 12.0. The van der Waals surface area contributed by atoms with E-state index in [4.69, 9.17) is 5.73 Å². The van der Waals surface area contributed by atoms with Crippen molar-refractivity contribution in [2.45, 2.75) is 46.0 Å². The Morgan fingerprint density at radius 1 is 1.26 bits per heavy atom. The lowest BCUT2D eigenvalue weighted by Crippen LogP contribution is -2.29. The van der Waals surface area contributed by atoms with E-state index in [0.29, 0.717) is 13.0 Å². The molecular formula is C16H24N2O. The van der Waals surface area contributed by atoms with Crippen molar-refractivity contribution in [3.8, 4) is 0 Å². The summed E-state index contributed by atoms with van der Waals surface area (Å²) < 4.78 is 0. The fourth-order valence-corrected chi connectivity index (χ4v) is 2.52. The Balaban J connectivity index is 2.01. The van der Waals surface area contributed by atoms with Crippen molar-refractivity contribution in [1.29, 1.82) is 0 Å². The number of hydrogen-bond acceptors (Lipinski definition) is 2. The van der Waals surface area contributed by atoms with Crippen molar-refractivity contribution in [2.24, 2.45) is 11.1 Å². The first kappa shape index (κ1) is 14.1. The van der Waals surface area contributed by atoms with Crippen molar-refractivity contribution >= 4 is 11.6 Å². The maximum Gasteiger partial charge on any atom is 0.224 e. The molecule has 3 heteroatoms. The molecule has 104 valence electrons. The topological polar surface area (TPSA) is 55.1 Å². The van der Waals surface area contributed by atoms with E-state index in [2.05, 4.69) is 17.4 Å². The van der Waals surface area contributed by atoms with Crippen molar-refractivity contribution < 1.29 is 4.79 Å².